The van der Waals surface area contributed by atoms with Gasteiger partial charge >= 0.3 is 0 Å². The molecule has 1 saturated carbocycles. The third-order valence-corrected chi connectivity index (χ3v) is 6.21. The number of amides is 1. The van der Waals surface area contributed by atoms with Gasteiger partial charge in [0.2, 0.25) is 5.90 Å². The number of carbonyl (C=O) groups excluding carboxylic acids is 1. The van der Waals surface area contributed by atoms with Crippen molar-refractivity contribution >= 4 is 35.0 Å². The molecule has 0 spiro atoms. The molecule has 0 saturated heterocycles. The number of aliphatic imine (C=N–C) groups is 1. The Morgan fingerprint density at radius 1 is 1.27 bits per heavy atom. The van der Waals surface area contributed by atoms with Gasteiger partial charge in [-0.25, -0.2) is 4.99 Å². The molecule has 0 bridgehead atoms. The van der Waals surface area contributed by atoms with Crippen LogP contribution < -0.4 is 10.1 Å². The van der Waals surface area contributed by atoms with Crippen molar-refractivity contribution in [3.8, 4) is 5.75 Å². The van der Waals surface area contributed by atoms with Crippen LogP contribution in [0.4, 0.5) is 0 Å². The highest BCUT2D eigenvalue weighted by atomic mass is 35.5. The molecule has 1 heterocycles. The average molecular weight is 489 g/mol. The van der Waals surface area contributed by atoms with E-state index in [4.69, 9.17) is 42.8 Å². The van der Waals surface area contributed by atoms with E-state index in [-0.39, 0.29) is 25.0 Å². The van der Waals surface area contributed by atoms with Gasteiger partial charge in [-0.05, 0) is 49.2 Å². The second-order valence-electron chi connectivity index (χ2n) is 8.20. The minimum Gasteiger partial charge on any atom is -0.494 e. The van der Waals surface area contributed by atoms with Crippen LogP contribution >= 0.6 is 23.2 Å². The van der Waals surface area contributed by atoms with E-state index >= 15 is 0 Å². The smallest absolute Gasteiger partial charge is 0.252 e. The predicted molar refractivity (Wildman–Crippen MR) is 129 cm³/mol. The zero-order chi connectivity index (χ0) is 23.4. The first-order valence-electron chi connectivity index (χ1n) is 10.9. The molecule has 4 rings (SSSR count). The summed E-state index contributed by atoms with van der Waals surface area (Å²) in [5, 5.41) is 12.9. The van der Waals surface area contributed by atoms with Gasteiger partial charge in [-0.1, -0.05) is 35.3 Å². The van der Waals surface area contributed by atoms with Crippen LogP contribution in [0.5, 0.6) is 5.75 Å². The number of hydrogen-bond donors (Lipinski definition) is 2. The normalized spacial score (nSPS) is 21.8. The highest BCUT2D eigenvalue weighted by Gasteiger charge is 2.53. The highest BCUT2D eigenvalue weighted by molar-refractivity contribution is 6.35. The summed E-state index contributed by atoms with van der Waals surface area (Å²) in [6.45, 7) is 4.36. The summed E-state index contributed by atoms with van der Waals surface area (Å²) in [5.74, 6) is 0.813. The van der Waals surface area contributed by atoms with E-state index in [0.29, 0.717) is 45.8 Å². The van der Waals surface area contributed by atoms with E-state index in [1.807, 2.05) is 12.1 Å². The van der Waals surface area contributed by atoms with Crippen LogP contribution in [-0.4, -0.2) is 41.7 Å². The Hall–Kier alpha value is -2.54. The van der Waals surface area contributed by atoms with E-state index in [0.717, 1.165) is 12.8 Å². The lowest BCUT2D eigenvalue weighted by Gasteiger charge is -2.30. The molecule has 2 aromatic rings. The van der Waals surface area contributed by atoms with Gasteiger partial charge in [0, 0.05) is 46.7 Å². The molecule has 0 unspecified atom stereocenters. The standard InChI is InChI=1S/C25H26Cl2N2O4/c1-2-12-25(24(31)28-18-7-8-18)22(20-11-6-17(26)15-21(20)27)33-23(29-25)16-4-9-19(10-5-16)32-14-3-13-30/h2,4-6,9-11,15,18,22,30H,1,3,7-8,12-14H2,(H,28,31)/t22-,25-/m1/s1. The van der Waals surface area contributed by atoms with Crippen LogP contribution in [0.15, 0.2) is 60.1 Å². The Morgan fingerprint density at radius 2 is 2.03 bits per heavy atom. The molecule has 8 heteroatoms. The van der Waals surface area contributed by atoms with Crippen LogP contribution in [0.3, 0.4) is 0 Å². The maximum absolute atomic E-state index is 13.5. The number of aliphatic hydroxyl groups is 1. The lowest BCUT2D eigenvalue weighted by Crippen LogP contribution is -2.48. The van der Waals surface area contributed by atoms with E-state index < -0.39 is 11.6 Å². The molecule has 33 heavy (non-hydrogen) atoms. The minimum atomic E-state index is -1.24. The second kappa shape index (κ2) is 10.2. The number of carbonyl (C=O) groups is 1. The third kappa shape index (κ3) is 5.18. The molecule has 1 amide bonds. The monoisotopic (exact) mass is 488 g/mol. The van der Waals surface area contributed by atoms with Gasteiger partial charge in [0.05, 0.1) is 6.61 Å². The molecule has 1 fully saturated rings. The van der Waals surface area contributed by atoms with Crippen molar-refractivity contribution in [2.75, 3.05) is 13.2 Å². The topological polar surface area (TPSA) is 80.2 Å². The molecule has 2 aliphatic rings. The molecule has 174 valence electrons. The number of ether oxygens (including phenoxy) is 2. The van der Waals surface area contributed by atoms with Gasteiger partial charge in [0.25, 0.3) is 5.91 Å². The Morgan fingerprint density at radius 3 is 2.67 bits per heavy atom. The number of hydrogen-bond acceptors (Lipinski definition) is 5. The Balaban J connectivity index is 1.70. The van der Waals surface area contributed by atoms with Crippen molar-refractivity contribution < 1.29 is 19.4 Å². The van der Waals surface area contributed by atoms with E-state index in [2.05, 4.69) is 11.9 Å². The van der Waals surface area contributed by atoms with Crippen molar-refractivity contribution in [1.82, 2.24) is 5.32 Å². The molecule has 1 aliphatic heterocycles. The lowest BCUT2D eigenvalue weighted by molar-refractivity contribution is -0.129. The predicted octanol–water partition coefficient (Wildman–Crippen LogP) is 4.87. The van der Waals surface area contributed by atoms with Crippen LogP contribution in [0.2, 0.25) is 10.0 Å². The molecule has 0 aromatic heterocycles. The zero-order valence-corrected chi connectivity index (χ0v) is 19.6. The summed E-state index contributed by atoms with van der Waals surface area (Å²) >= 11 is 12.6. The molecule has 2 aromatic carbocycles. The average Bonchev–Trinajstić information content (AvgIpc) is 3.53. The summed E-state index contributed by atoms with van der Waals surface area (Å²) in [4.78, 5) is 18.3. The van der Waals surface area contributed by atoms with Crippen LogP contribution in [0.25, 0.3) is 0 Å². The highest BCUT2D eigenvalue weighted by Crippen LogP contribution is 2.45. The van der Waals surface area contributed by atoms with Gasteiger partial charge < -0.3 is 19.9 Å². The Kier molecular flexibility index (Phi) is 7.27. The second-order valence-corrected chi connectivity index (χ2v) is 9.04. The number of halogens is 2. The minimum absolute atomic E-state index is 0.0751. The molecular weight excluding hydrogens is 463 g/mol. The van der Waals surface area contributed by atoms with Gasteiger partial charge in [0.1, 0.15) is 5.75 Å². The number of nitrogens with one attached hydrogen (secondary N) is 1. The molecule has 6 nitrogen and oxygen atoms in total. The summed E-state index contributed by atoms with van der Waals surface area (Å²) in [6, 6.07) is 12.6. The van der Waals surface area contributed by atoms with Gasteiger partial charge in [-0.3, -0.25) is 4.79 Å². The van der Waals surface area contributed by atoms with Crippen molar-refractivity contribution in [3.63, 3.8) is 0 Å². The fourth-order valence-electron chi connectivity index (χ4n) is 3.76. The zero-order valence-electron chi connectivity index (χ0n) is 18.1. The van der Waals surface area contributed by atoms with E-state index in [1.54, 1.807) is 36.4 Å². The first kappa shape index (κ1) is 23.6. The van der Waals surface area contributed by atoms with Crippen LogP contribution in [0.1, 0.15) is 42.9 Å². The number of rotatable bonds is 10. The Bertz CT molecular complexity index is 1050. The molecule has 2 atom stereocenters. The quantitative estimate of drug-likeness (QED) is 0.369. The lowest BCUT2D eigenvalue weighted by atomic mass is 9.84. The van der Waals surface area contributed by atoms with Crippen LogP contribution in [-0.2, 0) is 9.53 Å². The van der Waals surface area contributed by atoms with Gasteiger partial charge in [-0.15, -0.1) is 6.58 Å². The van der Waals surface area contributed by atoms with Gasteiger partial charge in [-0.2, -0.15) is 0 Å². The number of benzene rings is 2. The van der Waals surface area contributed by atoms with Crippen molar-refractivity contribution in [2.24, 2.45) is 4.99 Å². The first-order valence-corrected chi connectivity index (χ1v) is 11.7. The molecule has 0 radical (unpaired) electrons. The maximum Gasteiger partial charge on any atom is 0.252 e. The fraction of sp³-hybridized carbons (Fsp3) is 0.360. The number of aliphatic hydroxyl groups excluding tert-OH is 1. The first-order chi connectivity index (χ1) is 16.0. The summed E-state index contributed by atoms with van der Waals surface area (Å²) in [6.07, 6.45) is 3.68. The summed E-state index contributed by atoms with van der Waals surface area (Å²) in [7, 11) is 0. The SMILES string of the molecule is C=CC[C@@]1(C(=O)NC2CC2)N=C(c2ccc(OCCCO)cc2)O[C@@H]1c1ccc(Cl)cc1Cl. The summed E-state index contributed by atoms with van der Waals surface area (Å²) < 4.78 is 11.9. The van der Waals surface area contributed by atoms with Crippen molar-refractivity contribution in [1.29, 1.82) is 0 Å². The summed E-state index contributed by atoms with van der Waals surface area (Å²) in [5.41, 5.74) is 0.106. The molecular formula is C25H26Cl2N2O4. The fourth-order valence-corrected chi connectivity index (χ4v) is 4.27. The largest absolute Gasteiger partial charge is 0.494 e. The van der Waals surface area contributed by atoms with Crippen LogP contribution in [0, 0.1) is 0 Å². The van der Waals surface area contributed by atoms with E-state index in [9.17, 15) is 4.79 Å². The molecule has 2 N–H and O–H groups in total. The van der Waals surface area contributed by atoms with Crippen molar-refractivity contribution in [3.05, 3.63) is 76.3 Å². The maximum atomic E-state index is 13.5. The molecule has 1 aliphatic carbocycles. The van der Waals surface area contributed by atoms with Gasteiger partial charge in [0.15, 0.2) is 11.6 Å². The van der Waals surface area contributed by atoms with E-state index in [1.165, 1.54) is 0 Å². The number of nitrogens with zero attached hydrogens (tertiary/aromatic N) is 1. The third-order valence-electron chi connectivity index (χ3n) is 5.64. The van der Waals surface area contributed by atoms with Crippen molar-refractivity contribution in [2.45, 2.75) is 43.4 Å². The Labute approximate surface area is 203 Å².